The van der Waals surface area contributed by atoms with E-state index in [4.69, 9.17) is 0 Å². The van der Waals surface area contributed by atoms with Gasteiger partial charge in [0.1, 0.15) is 0 Å². The maximum atomic E-state index is 12.0. The molecule has 2 nitrogen and oxygen atoms in total. The molecule has 1 amide bonds. The van der Waals surface area contributed by atoms with E-state index in [9.17, 15) is 4.79 Å². The third-order valence-corrected chi connectivity index (χ3v) is 3.02. The smallest absolute Gasteiger partial charge is 0.228 e. The third-order valence-electron chi connectivity index (χ3n) is 3.02. The second kappa shape index (κ2) is 6.74. The molecule has 2 rings (SSSR count). The van der Waals surface area contributed by atoms with E-state index in [0.717, 1.165) is 24.1 Å². The Morgan fingerprint density at radius 2 is 1.68 bits per heavy atom. The Balaban J connectivity index is 2.03. The van der Waals surface area contributed by atoms with E-state index in [1.165, 1.54) is 5.56 Å². The van der Waals surface area contributed by atoms with Gasteiger partial charge in [0.2, 0.25) is 5.91 Å². The van der Waals surface area contributed by atoms with E-state index in [1.807, 2.05) is 48.5 Å². The van der Waals surface area contributed by atoms with E-state index in [1.54, 1.807) is 0 Å². The fourth-order valence-electron chi connectivity index (χ4n) is 2.11. The Kier molecular flexibility index (Phi) is 4.73. The van der Waals surface area contributed by atoms with Crippen LogP contribution < -0.4 is 5.32 Å². The van der Waals surface area contributed by atoms with Gasteiger partial charge in [-0.15, -0.1) is 0 Å². The topological polar surface area (TPSA) is 29.1 Å². The van der Waals surface area contributed by atoms with Crippen molar-refractivity contribution < 1.29 is 4.79 Å². The summed E-state index contributed by atoms with van der Waals surface area (Å²) in [5.41, 5.74) is 3.17. The Morgan fingerprint density at radius 1 is 1.00 bits per heavy atom. The lowest BCUT2D eigenvalue weighted by Gasteiger charge is -2.10. The molecule has 98 valence electrons. The van der Waals surface area contributed by atoms with Gasteiger partial charge in [0.15, 0.2) is 0 Å². The molecule has 0 saturated carbocycles. The predicted molar refractivity (Wildman–Crippen MR) is 79.2 cm³/mol. The molecule has 0 aliphatic rings. The van der Waals surface area contributed by atoms with Crippen LogP contribution in [0.5, 0.6) is 0 Å². The number of rotatable bonds is 5. The van der Waals surface area contributed by atoms with Gasteiger partial charge in [0, 0.05) is 5.69 Å². The van der Waals surface area contributed by atoms with E-state index < -0.39 is 0 Å². The average Bonchev–Trinajstić information content (AvgIpc) is 2.42. The molecule has 0 aliphatic carbocycles. The predicted octanol–water partition coefficient (Wildman–Crippen LogP) is 3.82. The fraction of sp³-hybridized carbons (Fsp3) is 0.235. The third kappa shape index (κ3) is 3.95. The van der Waals surface area contributed by atoms with Gasteiger partial charge in [-0.3, -0.25) is 4.79 Å². The number of hydrogen-bond donors (Lipinski definition) is 1. The quantitative estimate of drug-likeness (QED) is 0.862. The van der Waals surface area contributed by atoms with Crippen molar-refractivity contribution in [1.82, 2.24) is 0 Å². The van der Waals surface area contributed by atoms with E-state index in [2.05, 4.69) is 18.3 Å². The molecule has 0 aromatic heterocycles. The van der Waals surface area contributed by atoms with Gasteiger partial charge in [0.25, 0.3) is 0 Å². The number of carbonyl (C=O) groups excluding carboxylic acids is 1. The number of aryl methyl sites for hydroxylation is 1. The summed E-state index contributed by atoms with van der Waals surface area (Å²) in [7, 11) is 0. The summed E-state index contributed by atoms with van der Waals surface area (Å²) in [6.45, 7) is 2.14. The van der Waals surface area contributed by atoms with Crippen LogP contribution in [0, 0.1) is 0 Å². The van der Waals surface area contributed by atoms with Crippen LogP contribution in [-0.4, -0.2) is 5.91 Å². The second-order valence-corrected chi connectivity index (χ2v) is 4.62. The zero-order chi connectivity index (χ0) is 13.5. The number of nitrogens with one attached hydrogen (secondary N) is 1. The molecule has 0 unspecified atom stereocenters. The van der Waals surface area contributed by atoms with E-state index in [0.29, 0.717) is 6.42 Å². The van der Waals surface area contributed by atoms with Crippen molar-refractivity contribution in [3.63, 3.8) is 0 Å². The van der Waals surface area contributed by atoms with Gasteiger partial charge in [-0.2, -0.15) is 0 Å². The molecule has 0 fully saturated rings. The van der Waals surface area contributed by atoms with Crippen molar-refractivity contribution >= 4 is 11.6 Å². The van der Waals surface area contributed by atoms with Crippen LogP contribution in [-0.2, 0) is 17.6 Å². The van der Waals surface area contributed by atoms with Crippen LogP contribution in [0.4, 0.5) is 5.69 Å². The Hall–Kier alpha value is -2.09. The fourth-order valence-corrected chi connectivity index (χ4v) is 2.11. The lowest BCUT2D eigenvalue weighted by molar-refractivity contribution is -0.115. The average molecular weight is 253 g/mol. The van der Waals surface area contributed by atoms with Gasteiger partial charge in [-0.05, 0) is 23.6 Å². The van der Waals surface area contributed by atoms with Crippen molar-refractivity contribution in [2.45, 2.75) is 26.2 Å². The molecule has 0 aliphatic heterocycles. The number of carbonyl (C=O) groups is 1. The first-order valence-electron chi connectivity index (χ1n) is 6.71. The Bertz CT molecular complexity index is 534. The molecule has 19 heavy (non-hydrogen) atoms. The van der Waals surface area contributed by atoms with Crippen LogP contribution in [0.2, 0.25) is 0 Å². The Morgan fingerprint density at radius 3 is 2.42 bits per heavy atom. The van der Waals surface area contributed by atoms with Crippen molar-refractivity contribution in [3.8, 4) is 0 Å². The van der Waals surface area contributed by atoms with Crippen LogP contribution in [0.3, 0.4) is 0 Å². The van der Waals surface area contributed by atoms with Crippen molar-refractivity contribution in [3.05, 3.63) is 65.7 Å². The lowest BCUT2D eigenvalue weighted by atomic mass is 10.1. The number of hydrogen-bond acceptors (Lipinski definition) is 1. The number of para-hydroxylation sites is 1. The Labute approximate surface area is 114 Å². The molecule has 2 aromatic rings. The molecule has 0 atom stereocenters. The van der Waals surface area contributed by atoms with Crippen molar-refractivity contribution in [1.29, 1.82) is 0 Å². The molecule has 2 heteroatoms. The van der Waals surface area contributed by atoms with Crippen LogP contribution >= 0.6 is 0 Å². The normalized spacial score (nSPS) is 10.2. The summed E-state index contributed by atoms with van der Waals surface area (Å²) in [6.07, 6.45) is 2.48. The van der Waals surface area contributed by atoms with Crippen LogP contribution in [0.15, 0.2) is 54.6 Å². The molecule has 0 radical (unpaired) electrons. The van der Waals surface area contributed by atoms with Gasteiger partial charge in [-0.25, -0.2) is 0 Å². The minimum Gasteiger partial charge on any atom is -0.326 e. The zero-order valence-corrected chi connectivity index (χ0v) is 11.2. The van der Waals surface area contributed by atoms with E-state index in [-0.39, 0.29) is 5.91 Å². The SMILES string of the molecule is CCCc1ccccc1NC(=O)Cc1ccccc1. The highest BCUT2D eigenvalue weighted by Crippen LogP contribution is 2.17. The maximum absolute atomic E-state index is 12.0. The minimum absolute atomic E-state index is 0.0368. The highest BCUT2D eigenvalue weighted by molar-refractivity contribution is 5.92. The highest BCUT2D eigenvalue weighted by atomic mass is 16.1. The maximum Gasteiger partial charge on any atom is 0.228 e. The summed E-state index contributed by atoms with van der Waals surface area (Å²) in [4.78, 5) is 12.0. The largest absolute Gasteiger partial charge is 0.326 e. The summed E-state index contributed by atoms with van der Waals surface area (Å²) in [5, 5.41) is 3.00. The van der Waals surface area contributed by atoms with Crippen molar-refractivity contribution in [2.75, 3.05) is 5.32 Å². The highest BCUT2D eigenvalue weighted by Gasteiger charge is 2.06. The summed E-state index contributed by atoms with van der Waals surface area (Å²) >= 11 is 0. The minimum atomic E-state index is 0.0368. The van der Waals surface area contributed by atoms with Gasteiger partial charge < -0.3 is 5.32 Å². The molecule has 0 bridgehead atoms. The number of benzene rings is 2. The lowest BCUT2D eigenvalue weighted by Crippen LogP contribution is -2.15. The van der Waals surface area contributed by atoms with Gasteiger partial charge >= 0.3 is 0 Å². The summed E-state index contributed by atoms with van der Waals surface area (Å²) < 4.78 is 0. The monoisotopic (exact) mass is 253 g/mol. The van der Waals surface area contributed by atoms with Crippen LogP contribution in [0.25, 0.3) is 0 Å². The van der Waals surface area contributed by atoms with Gasteiger partial charge in [0.05, 0.1) is 6.42 Å². The van der Waals surface area contributed by atoms with E-state index >= 15 is 0 Å². The molecular formula is C17H19NO. The summed E-state index contributed by atoms with van der Waals surface area (Å²) in [5.74, 6) is 0.0368. The molecular weight excluding hydrogens is 234 g/mol. The first-order valence-corrected chi connectivity index (χ1v) is 6.71. The second-order valence-electron chi connectivity index (χ2n) is 4.62. The molecule has 0 saturated heterocycles. The number of amides is 1. The summed E-state index contributed by atoms with van der Waals surface area (Å²) in [6, 6.07) is 17.8. The molecule has 0 spiro atoms. The first kappa shape index (κ1) is 13.3. The van der Waals surface area contributed by atoms with Gasteiger partial charge in [-0.1, -0.05) is 61.9 Å². The van der Waals surface area contributed by atoms with Crippen molar-refractivity contribution in [2.24, 2.45) is 0 Å². The molecule has 0 heterocycles. The number of anilines is 1. The zero-order valence-electron chi connectivity index (χ0n) is 11.2. The standard InChI is InChI=1S/C17H19NO/c1-2-8-15-11-6-7-12-16(15)18-17(19)13-14-9-4-3-5-10-14/h3-7,9-12H,2,8,13H2,1H3,(H,18,19). The molecule has 1 N–H and O–H groups in total. The van der Waals surface area contributed by atoms with Crippen LogP contribution in [0.1, 0.15) is 24.5 Å². The molecule has 2 aromatic carbocycles. The first-order chi connectivity index (χ1) is 9.29.